The van der Waals surface area contributed by atoms with E-state index in [-0.39, 0.29) is 0 Å². The van der Waals surface area contributed by atoms with Gasteiger partial charge in [-0.3, -0.25) is 0 Å². The van der Waals surface area contributed by atoms with Gasteiger partial charge in [0.05, 0.1) is 0 Å². The number of anilines is 2. The first-order valence-electron chi connectivity index (χ1n) is 6.60. The van der Waals surface area contributed by atoms with E-state index in [1.807, 2.05) is 6.07 Å². The first-order chi connectivity index (χ1) is 8.63. The minimum absolute atomic E-state index is 0.601. The number of nitrogens with one attached hydrogen (secondary N) is 1. The molecule has 0 fully saturated rings. The maximum atomic E-state index is 5.45. The highest BCUT2D eigenvalue weighted by Gasteiger charge is 2.04. The van der Waals surface area contributed by atoms with Crippen molar-refractivity contribution in [3.8, 4) is 0 Å². The van der Waals surface area contributed by atoms with Crippen LogP contribution in [0.2, 0.25) is 0 Å². The molecule has 1 rings (SSSR count). The van der Waals surface area contributed by atoms with Gasteiger partial charge in [0.25, 0.3) is 0 Å². The summed E-state index contributed by atoms with van der Waals surface area (Å²) in [6.07, 6.45) is 4.02. The van der Waals surface area contributed by atoms with E-state index in [9.17, 15) is 0 Å². The van der Waals surface area contributed by atoms with Crippen LogP contribution < -0.4 is 16.0 Å². The second kappa shape index (κ2) is 7.87. The lowest BCUT2D eigenvalue weighted by Gasteiger charge is -2.19. The molecule has 0 amide bonds. The molecular formula is C13H25N5. The monoisotopic (exact) mass is 251 g/mol. The van der Waals surface area contributed by atoms with Gasteiger partial charge < -0.3 is 16.0 Å². The molecule has 1 aromatic heterocycles. The molecule has 18 heavy (non-hydrogen) atoms. The predicted octanol–water partition coefficient (Wildman–Crippen LogP) is 1.72. The standard InChI is InChI=1S/C13H25N5/c1-11(2)5-4-8-18(3)13-9-12(15-7-6-14)16-10-17-13/h9-11H,4-8,14H2,1-3H3,(H,15,16,17). The molecule has 102 valence electrons. The number of hydrogen-bond acceptors (Lipinski definition) is 5. The molecular weight excluding hydrogens is 226 g/mol. The van der Waals surface area contributed by atoms with Crippen LogP contribution in [0.25, 0.3) is 0 Å². The molecule has 0 spiro atoms. The van der Waals surface area contributed by atoms with Crippen LogP contribution in [-0.4, -0.2) is 36.6 Å². The molecule has 0 aliphatic heterocycles. The highest BCUT2D eigenvalue weighted by atomic mass is 15.2. The Labute approximate surface area is 110 Å². The second-order valence-electron chi connectivity index (χ2n) is 4.93. The van der Waals surface area contributed by atoms with E-state index in [1.165, 1.54) is 12.8 Å². The Bertz CT molecular complexity index is 340. The van der Waals surface area contributed by atoms with E-state index < -0.39 is 0 Å². The van der Waals surface area contributed by atoms with Crippen molar-refractivity contribution < 1.29 is 0 Å². The van der Waals surface area contributed by atoms with Gasteiger partial charge in [-0.15, -0.1) is 0 Å². The quantitative estimate of drug-likeness (QED) is 0.736. The molecule has 1 aromatic rings. The molecule has 0 atom stereocenters. The summed E-state index contributed by atoms with van der Waals surface area (Å²) in [6.45, 7) is 6.85. The zero-order valence-corrected chi connectivity index (χ0v) is 11.7. The van der Waals surface area contributed by atoms with Crippen molar-refractivity contribution in [3.05, 3.63) is 12.4 Å². The van der Waals surface area contributed by atoms with Crippen LogP contribution in [0.1, 0.15) is 26.7 Å². The van der Waals surface area contributed by atoms with E-state index in [4.69, 9.17) is 5.73 Å². The van der Waals surface area contributed by atoms with E-state index in [0.717, 1.165) is 30.6 Å². The molecule has 0 saturated carbocycles. The molecule has 0 saturated heterocycles. The Balaban J connectivity index is 2.48. The van der Waals surface area contributed by atoms with Crippen LogP contribution in [0.3, 0.4) is 0 Å². The van der Waals surface area contributed by atoms with Crippen LogP contribution in [-0.2, 0) is 0 Å². The maximum Gasteiger partial charge on any atom is 0.133 e. The predicted molar refractivity (Wildman–Crippen MR) is 76.9 cm³/mol. The number of hydrogen-bond donors (Lipinski definition) is 2. The van der Waals surface area contributed by atoms with Crippen molar-refractivity contribution in [2.45, 2.75) is 26.7 Å². The molecule has 0 aromatic carbocycles. The van der Waals surface area contributed by atoms with Crippen molar-refractivity contribution in [1.82, 2.24) is 9.97 Å². The van der Waals surface area contributed by atoms with Crippen molar-refractivity contribution in [3.63, 3.8) is 0 Å². The summed E-state index contributed by atoms with van der Waals surface area (Å²) in [5.74, 6) is 2.54. The van der Waals surface area contributed by atoms with Crippen molar-refractivity contribution in [1.29, 1.82) is 0 Å². The first kappa shape index (κ1) is 14.7. The summed E-state index contributed by atoms with van der Waals surface area (Å²) in [4.78, 5) is 10.6. The summed E-state index contributed by atoms with van der Waals surface area (Å²) in [5, 5.41) is 3.16. The lowest BCUT2D eigenvalue weighted by atomic mass is 10.1. The van der Waals surface area contributed by atoms with Gasteiger partial charge in [-0.2, -0.15) is 0 Å². The Kier molecular flexibility index (Phi) is 6.43. The van der Waals surface area contributed by atoms with Gasteiger partial charge >= 0.3 is 0 Å². The zero-order chi connectivity index (χ0) is 13.4. The van der Waals surface area contributed by atoms with Crippen molar-refractivity contribution in [2.75, 3.05) is 36.9 Å². The molecule has 5 nitrogen and oxygen atoms in total. The lowest BCUT2D eigenvalue weighted by Crippen LogP contribution is -2.21. The normalized spacial score (nSPS) is 10.7. The van der Waals surface area contributed by atoms with Gasteiger partial charge in [0.2, 0.25) is 0 Å². The number of rotatable bonds is 8. The Hall–Kier alpha value is -1.36. The van der Waals surface area contributed by atoms with Crippen LogP contribution in [0, 0.1) is 5.92 Å². The summed E-state index contributed by atoms with van der Waals surface area (Å²) < 4.78 is 0. The van der Waals surface area contributed by atoms with Gasteiger partial charge in [0.1, 0.15) is 18.0 Å². The summed E-state index contributed by atoms with van der Waals surface area (Å²) in [5.41, 5.74) is 5.45. The van der Waals surface area contributed by atoms with Crippen molar-refractivity contribution in [2.24, 2.45) is 11.7 Å². The fourth-order valence-electron chi connectivity index (χ4n) is 1.70. The Morgan fingerprint density at radius 3 is 2.83 bits per heavy atom. The van der Waals surface area contributed by atoms with Crippen LogP contribution in [0.4, 0.5) is 11.6 Å². The second-order valence-corrected chi connectivity index (χ2v) is 4.93. The van der Waals surface area contributed by atoms with Crippen LogP contribution in [0.15, 0.2) is 12.4 Å². The molecule has 3 N–H and O–H groups in total. The van der Waals surface area contributed by atoms with E-state index >= 15 is 0 Å². The zero-order valence-electron chi connectivity index (χ0n) is 11.7. The summed E-state index contributed by atoms with van der Waals surface area (Å²) in [6, 6.07) is 1.96. The fourth-order valence-corrected chi connectivity index (χ4v) is 1.70. The molecule has 1 heterocycles. The van der Waals surface area contributed by atoms with E-state index in [1.54, 1.807) is 6.33 Å². The average molecular weight is 251 g/mol. The first-order valence-corrected chi connectivity index (χ1v) is 6.60. The highest BCUT2D eigenvalue weighted by Crippen LogP contribution is 2.13. The van der Waals surface area contributed by atoms with Gasteiger partial charge in [0.15, 0.2) is 0 Å². The molecule has 0 aliphatic rings. The topological polar surface area (TPSA) is 67.1 Å². The third-order valence-electron chi connectivity index (χ3n) is 2.77. The summed E-state index contributed by atoms with van der Waals surface area (Å²) >= 11 is 0. The molecule has 0 aliphatic carbocycles. The third-order valence-corrected chi connectivity index (χ3v) is 2.77. The lowest BCUT2D eigenvalue weighted by molar-refractivity contribution is 0.555. The number of aromatic nitrogens is 2. The Morgan fingerprint density at radius 1 is 1.39 bits per heavy atom. The number of nitrogens with zero attached hydrogens (tertiary/aromatic N) is 3. The highest BCUT2D eigenvalue weighted by molar-refractivity contribution is 5.47. The molecule has 5 heteroatoms. The maximum absolute atomic E-state index is 5.45. The smallest absolute Gasteiger partial charge is 0.133 e. The van der Waals surface area contributed by atoms with Gasteiger partial charge in [-0.05, 0) is 18.8 Å². The SMILES string of the molecule is CC(C)CCCN(C)c1cc(NCCN)ncn1. The van der Waals surface area contributed by atoms with Gasteiger partial charge in [-0.1, -0.05) is 13.8 Å². The van der Waals surface area contributed by atoms with Crippen LogP contribution in [0.5, 0.6) is 0 Å². The average Bonchev–Trinajstić information content (AvgIpc) is 2.36. The largest absolute Gasteiger partial charge is 0.369 e. The van der Waals surface area contributed by atoms with Crippen molar-refractivity contribution >= 4 is 11.6 Å². The van der Waals surface area contributed by atoms with E-state index in [0.29, 0.717) is 6.54 Å². The minimum atomic E-state index is 0.601. The third kappa shape index (κ3) is 5.31. The van der Waals surface area contributed by atoms with Gasteiger partial charge in [-0.25, -0.2) is 9.97 Å². The minimum Gasteiger partial charge on any atom is -0.369 e. The molecule has 0 bridgehead atoms. The molecule has 0 radical (unpaired) electrons. The van der Waals surface area contributed by atoms with E-state index in [2.05, 4.69) is 41.1 Å². The summed E-state index contributed by atoms with van der Waals surface area (Å²) in [7, 11) is 2.06. The Morgan fingerprint density at radius 2 is 2.17 bits per heavy atom. The number of nitrogens with two attached hydrogens (primary N) is 1. The molecule has 0 unspecified atom stereocenters. The van der Waals surface area contributed by atoms with Crippen LogP contribution >= 0.6 is 0 Å². The fraction of sp³-hybridized carbons (Fsp3) is 0.692. The van der Waals surface area contributed by atoms with Gasteiger partial charge in [0, 0.05) is 32.7 Å².